The van der Waals surface area contributed by atoms with Gasteiger partial charge >= 0.3 is 6.18 Å². The third-order valence-corrected chi connectivity index (χ3v) is 4.63. The first-order chi connectivity index (χ1) is 13.2. The van der Waals surface area contributed by atoms with Crippen molar-refractivity contribution in [3.8, 4) is 6.07 Å². The molecule has 0 amide bonds. The van der Waals surface area contributed by atoms with Gasteiger partial charge < -0.3 is 0 Å². The lowest BCUT2D eigenvalue weighted by molar-refractivity contribution is -0.137. The number of ketones is 1. The Labute approximate surface area is 155 Å². The van der Waals surface area contributed by atoms with Crippen LogP contribution < -0.4 is 5.56 Å². The molecular formula is C18H12F3N5O2. The van der Waals surface area contributed by atoms with Gasteiger partial charge in [-0.2, -0.15) is 23.5 Å². The molecule has 0 unspecified atom stereocenters. The van der Waals surface area contributed by atoms with Gasteiger partial charge in [-0.05, 0) is 31.0 Å². The number of hydrogen-bond donors (Lipinski definition) is 0. The molecule has 2 heterocycles. The minimum absolute atomic E-state index is 0.00931. The highest BCUT2D eigenvalue weighted by atomic mass is 19.4. The van der Waals surface area contributed by atoms with E-state index in [0.29, 0.717) is 6.07 Å². The van der Waals surface area contributed by atoms with Gasteiger partial charge in [-0.25, -0.2) is 4.98 Å². The summed E-state index contributed by atoms with van der Waals surface area (Å²) in [5.74, 6) is -0.768. The van der Waals surface area contributed by atoms with Crippen molar-refractivity contribution in [3.63, 3.8) is 0 Å². The predicted molar refractivity (Wildman–Crippen MR) is 90.6 cm³/mol. The number of carbonyl (C=O) groups is 1. The number of halogens is 3. The van der Waals surface area contributed by atoms with Gasteiger partial charge in [0, 0.05) is 18.7 Å². The van der Waals surface area contributed by atoms with Crippen molar-refractivity contribution in [3.05, 3.63) is 57.3 Å². The second-order valence-electron chi connectivity index (χ2n) is 6.56. The molecule has 0 spiro atoms. The molecule has 1 saturated carbocycles. The monoisotopic (exact) mass is 387 g/mol. The lowest BCUT2D eigenvalue weighted by Gasteiger charge is -2.10. The summed E-state index contributed by atoms with van der Waals surface area (Å²) in [6.07, 6.45) is -1.73. The van der Waals surface area contributed by atoms with E-state index in [1.165, 1.54) is 24.0 Å². The number of aromatic nitrogens is 4. The maximum Gasteiger partial charge on any atom is 0.417 e. The van der Waals surface area contributed by atoms with Crippen LogP contribution in [0.25, 0.3) is 11.0 Å². The summed E-state index contributed by atoms with van der Waals surface area (Å²) in [5, 5.41) is 13.0. The molecule has 10 heteroatoms. The van der Waals surface area contributed by atoms with Gasteiger partial charge in [-0.3, -0.25) is 18.8 Å². The SMILES string of the molecule is Cn1nc2c(=O)n(C3CC3)cnc2c1C(=O)c1ccc(C#N)c(C(F)(F)F)c1. The number of aryl methyl sites for hydroxylation is 1. The standard InChI is InChI=1S/C18H12F3N5O2/c1-25-15(13-14(24-25)17(28)26(8-23-13)11-4-5-11)16(27)9-2-3-10(7-22)12(6-9)18(19,20)21/h2-3,6,8,11H,4-5H2,1H3. The van der Waals surface area contributed by atoms with E-state index in [4.69, 9.17) is 5.26 Å². The van der Waals surface area contributed by atoms with E-state index >= 15 is 0 Å². The highest BCUT2D eigenvalue weighted by molar-refractivity contribution is 6.14. The highest BCUT2D eigenvalue weighted by Crippen LogP contribution is 2.34. The molecule has 0 N–H and O–H groups in total. The lowest BCUT2D eigenvalue weighted by Crippen LogP contribution is -2.19. The van der Waals surface area contributed by atoms with E-state index in [2.05, 4.69) is 10.1 Å². The largest absolute Gasteiger partial charge is 0.417 e. The summed E-state index contributed by atoms with van der Waals surface area (Å²) >= 11 is 0. The molecule has 1 aliphatic rings. The zero-order valence-electron chi connectivity index (χ0n) is 14.5. The smallest absolute Gasteiger partial charge is 0.294 e. The number of fused-ring (bicyclic) bond motifs is 1. The van der Waals surface area contributed by atoms with Gasteiger partial charge in [0.15, 0.2) is 5.52 Å². The van der Waals surface area contributed by atoms with Crippen molar-refractivity contribution < 1.29 is 18.0 Å². The Hall–Kier alpha value is -3.48. The summed E-state index contributed by atoms with van der Waals surface area (Å²) in [6.45, 7) is 0. The molecule has 1 aromatic carbocycles. The van der Waals surface area contributed by atoms with E-state index in [0.717, 1.165) is 29.7 Å². The maximum absolute atomic E-state index is 13.2. The van der Waals surface area contributed by atoms with Crippen molar-refractivity contribution in [2.45, 2.75) is 25.1 Å². The van der Waals surface area contributed by atoms with Gasteiger partial charge in [0.05, 0.1) is 23.5 Å². The van der Waals surface area contributed by atoms with Crippen LogP contribution in [0.5, 0.6) is 0 Å². The van der Waals surface area contributed by atoms with Gasteiger partial charge in [-0.1, -0.05) is 0 Å². The second kappa shape index (κ2) is 6.02. The number of nitriles is 1. The summed E-state index contributed by atoms with van der Waals surface area (Å²) in [5.41, 5.74) is -2.51. The molecule has 0 aliphatic heterocycles. The van der Waals surface area contributed by atoms with Crippen LogP contribution in [0.4, 0.5) is 13.2 Å². The molecular weight excluding hydrogens is 375 g/mol. The molecule has 0 saturated heterocycles. The van der Waals surface area contributed by atoms with E-state index in [-0.39, 0.29) is 28.3 Å². The third kappa shape index (κ3) is 2.76. The van der Waals surface area contributed by atoms with Gasteiger partial charge in [-0.15, -0.1) is 0 Å². The molecule has 0 atom stereocenters. The Morgan fingerprint density at radius 3 is 2.61 bits per heavy atom. The van der Waals surface area contributed by atoms with Crippen LogP contribution >= 0.6 is 0 Å². The third-order valence-electron chi connectivity index (χ3n) is 4.63. The van der Waals surface area contributed by atoms with Gasteiger partial charge in [0.2, 0.25) is 5.78 Å². The van der Waals surface area contributed by atoms with Crippen LogP contribution in [-0.4, -0.2) is 25.1 Å². The fraction of sp³-hybridized carbons (Fsp3) is 0.278. The Kier molecular flexibility index (Phi) is 3.85. The Morgan fingerprint density at radius 2 is 2.00 bits per heavy atom. The van der Waals surface area contributed by atoms with Crippen LogP contribution in [0, 0.1) is 11.3 Å². The second-order valence-corrected chi connectivity index (χ2v) is 6.56. The molecule has 3 aromatic rings. The lowest BCUT2D eigenvalue weighted by atomic mass is 10.00. The number of alkyl halides is 3. The number of rotatable bonds is 3. The molecule has 1 aliphatic carbocycles. The zero-order chi connectivity index (χ0) is 20.2. The summed E-state index contributed by atoms with van der Waals surface area (Å²) in [7, 11) is 1.42. The molecule has 0 radical (unpaired) electrons. The van der Waals surface area contributed by atoms with E-state index in [1.807, 2.05) is 0 Å². The first-order valence-corrected chi connectivity index (χ1v) is 8.32. The first-order valence-electron chi connectivity index (χ1n) is 8.32. The van der Waals surface area contributed by atoms with Crippen LogP contribution in [0.15, 0.2) is 29.3 Å². The number of carbonyl (C=O) groups excluding carboxylic acids is 1. The van der Waals surface area contributed by atoms with Crippen LogP contribution in [0.3, 0.4) is 0 Å². The Morgan fingerprint density at radius 1 is 1.29 bits per heavy atom. The zero-order valence-corrected chi connectivity index (χ0v) is 14.5. The molecule has 142 valence electrons. The van der Waals surface area contributed by atoms with Crippen molar-refractivity contribution in [1.29, 1.82) is 5.26 Å². The van der Waals surface area contributed by atoms with Crippen molar-refractivity contribution in [2.24, 2.45) is 7.05 Å². The fourth-order valence-corrected chi connectivity index (χ4v) is 3.10. The molecule has 2 aromatic heterocycles. The summed E-state index contributed by atoms with van der Waals surface area (Å²) in [4.78, 5) is 29.6. The molecule has 7 nitrogen and oxygen atoms in total. The molecule has 1 fully saturated rings. The maximum atomic E-state index is 13.2. The molecule has 28 heavy (non-hydrogen) atoms. The van der Waals surface area contributed by atoms with Crippen LogP contribution in [-0.2, 0) is 13.2 Å². The minimum Gasteiger partial charge on any atom is -0.294 e. The quantitative estimate of drug-likeness (QED) is 0.644. The van der Waals surface area contributed by atoms with Gasteiger partial charge in [0.1, 0.15) is 11.2 Å². The Balaban J connectivity index is 1.86. The first kappa shape index (κ1) is 17.9. The summed E-state index contributed by atoms with van der Waals surface area (Å²) < 4.78 is 42.2. The fourth-order valence-electron chi connectivity index (χ4n) is 3.10. The number of hydrogen-bond acceptors (Lipinski definition) is 5. The van der Waals surface area contributed by atoms with E-state index in [9.17, 15) is 22.8 Å². The molecule has 4 rings (SSSR count). The van der Waals surface area contributed by atoms with Gasteiger partial charge in [0.25, 0.3) is 5.56 Å². The van der Waals surface area contributed by atoms with Crippen molar-refractivity contribution in [1.82, 2.24) is 19.3 Å². The highest BCUT2D eigenvalue weighted by Gasteiger charge is 2.35. The normalized spacial score (nSPS) is 14.2. The Bertz CT molecular complexity index is 1230. The van der Waals surface area contributed by atoms with E-state index < -0.39 is 28.6 Å². The average Bonchev–Trinajstić information content (AvgIpc) is 3.42. The topological polar surface area (TPSA) is 93.6 Å². The van der Waals surface area contributed by atoms with Crippen LogP contribution in [0.1, 0.15) is 46.1 Å². The van der Waals surface area contributed by atoms with Crippen LogP contribution in [0.2, 0.25) is 0 Å². The van der Waals surface area contributed by atoms with E-state index in [1.54, 1.807) is 0 Å². The molecule has 0 bridgehead atoms. The van der Waals surface area contributed by atoms with Crippen molar-refractivity contribution in [2.75, 3.05) is 0 Å². The predicted octanol–water partition coefficient (Wildman–Crippen LogP) is 2.59. The average molecular weight is 387 g/mol. The summed E-state index contributed by atoms with van der Waals surface area (Å²) in [6, 6.07) is 4.25. The minimum atomic E-state index is -4.79. The van der Waals surface area contributed by atoms with Crippen molar-refractivity contribution >= 4 is 16.8 Å². The number of nitrogens with zero attached hydrogens (tertiary/aromatic N) is 5. The number of benzene rings is 1.